The number of hydrogen-bond acceptors (Lipinski definition) is 8. The van der Waals surface area contributed by atoms with Crippen molar-refractivity contribution < 1.29 is 9.53 Å². The van der Waals surface area contributed by atoms with Crippen molar-refractivity contribution in [1.29, 1.82) is 0 Å². The molecular weight excluding hydrogens is 558 g/mol. The largest absolute Gasteiger partial charge is 0.494 e. The molecule has 0 atom stereocenters. The number of amides is 1. The molecule has 216 valence electrons. The Morgan fingerprint density at radius 3 is 2.74 bits per heavy atom. The van der Waals surface area contributed by atoms with Crippen LogP contribution in [-0.2, 0) is 13.6 Å². The number of carbonyl (C=O) groups is 1. The zero-order valence-electron chi connectivity index (χ0n) is 23.8. The average molecular weight is 590 g/mol. The Hall–Kier alpha value is -5.03. The van der Waals surface area contributed by atoms with Crippen LogP contribution >= 0.6 is 11.3 Å². The molecule has 5 N–H and O–H groups in total. The number of methoxy groups -OCH3 is 1. The van der Waals surface area contributed by atoms with Gasteiger partial charge in [-0.15, -0.1) is 11.3 Å². The Bertz CT molecular complexity index is 1960. The zero-order chi connectivity index (χ0) is 29.9. The fourth-order valence-electron chi connectivity index (χ4n) is 5.16. The van der Waals surface area contributed by atoms with E-state index in [2.05, 4.69) is 32.8 Å². The van der Waals surface area contributed by atoms with Crippen molar-refractivity contribution in [2.45, 2.75) is 6.54 Å². The fraction of sp³-hybridized carbons (Fsp3) is 0.121. The number of thiophene rings is 1. The Labute approximate surface area is 253 Å². The molecule has 6 rings (SSSR count). The minimum atomic E-state index is -0.342. The third-order valence-corrected chi connectivity index (χ3v) is 8.41. The molecule has 6 aromatic rings. The van der Waals surface area contributed by atoms with Gasteiger partial charge in [-0.3, -0.25) is 9.78 Å². The van der Waals surface area contributed by atoms with Gasteiger partial charge in [-0.05, 0) is 47.3 Å². The quantitative estimate of drug-likeness (QED) is 0.0847. The number of aryl methyl sites for hydroxylation is 1. The zero-order valence-corrected chi connectivity index (χ0v) is 24.6. The molecule has 0 aliphatic rings. The van der Waals surface area contributed by atoms with E-state index in [-0.39, 0.29) is 5.91 Å². The maximum absolute atomic E-state index is 13.5. The first kappa shape index (κ1) is 28.1. The van der Waals surface area contributed by atoms with E-state index >= 15 is 0 Å². The van der Waals surface area contributed by atoms with Crippen LogP contribution in [0.2, 0.25) is 0 Å². The number of hydrogen-bond donors (Lipinski definition) is 3. The van der Waals surface area contributed by atoms with E-state index in [1.807, 2.05) is 72.3 Å². The van der Waals surface area contributed by atoms with Gasteiger partial charge in [0, 0.05) is 64.6 Å². The highest BCUT2D eigenvalue weighted by atomic mass is 32.1. The van der Waals surface area contributed by atoms with Crippen LogP contribution in [0.15, 0.2) is 90.6 Å². The van der Waals surface area contributed by atoms with E-state index < -0.39 is 0 Å². The van der Waals surface area contributed by atoms with Crippen molar-refractivity contribution >= 4 is 55.8 Å². The number of anilines is 2. The maximum atomic E-state index is 13.5. The summed E-state index contributed by atoms with van der Waals surface area (Å²) in [4.78, 5) is 22.3. The van der Waals surface area contributed by atoms with E-state index in [0.717, 1.165) is 48.4 Å². The molecule has 0 saturated carbocycles. The molecule has 1 amide bonds. The van der Waals surface area contributed by atoms with Crippen LogP contribution in [0.25, 0.3) is 38.2 Å². The highest BCUT2D eigenvalue weighted by molar-refractivity contribution is 7.18. The number of benzene rings is 2. The number of para-hydroxylation sites is 1. The Morgan fingerprint density at radius 2 is 1.95 bits per heavy atom. The number of nitrogen functional groups attached to an aromatic ring is 1. The summed E-state index contributed by atoms with van der Waals surface area (Å²) in [5.74, 6) is 6.96. The SMILES string of the molecule is COc1cc(-c2csc3c(C=CCNCc4ccccn4)cnc(N)c23)ccc1N(N)C(=O)c1cc2ccccc2n1C. The van der Waals surface area contributed by atoms with Crippen molar-refractivity contribution in [1.82, 2.24) is 19.9 Å². The molecule has 43 heavy (non-hydrogen) atoms. The van der Waals surface area contributed by atoms with Crippen molar-refractivity contribution in [3.05, 3.63) is 108 Å². The van der Waals surface area contributed by atoms with Crippen LogP contribution in [0.1, 0.15) is 21.7 Å². The van der Waals surface area contributed by atoms with Crippen molar-refractivity contribution in [2.75, 3.05) is 24.4 Å². The van der Waals surface area contributed by atoms with E-state index in [9.17, 15) is 4.79 Å². The van der Waals surface area contributed by atoms with Crippen LogP contribution < -0.4 is 26.6 Å². The highest BCUT2D eigenvalue weighted by Gasteiger charge is 2.23. The molecule has 10 heteroatoms. The summed E-state index contributed by atoms with van der Waals surface area (Å²) in [5, 5.41) is 8.41. The average Bonchev–Trinajstić information content (AvgIpc) is 3.64. The molecular formula is C33H31N7O2S. The normalized spacial score (nSPS) is 11.5. The summed E-state index contributed by atoms with van der Waals surface area (Å²) < 4.78 is 8.59. The first-order chi connectivity index (χ1) is 21.0. The molecule has 0 unspecified atom stereocenters. The first-order valence-electron chi connectivity index (χ1n) is 13.7. The third kappa shape index (κ3) is 5.46. The molecule has 0 bridgehead atoms. The second kappa shape index (κ2) is 12.1. The minimum Gasteiger partial charge on any atom is -0.494 e. The number of nitrogens with two attached hydrogens (primary N) is 2. The third-order valence-electron chi connectivity index (χ3n) is 7.38. The van der Waals surface area contributed by atoms with Crippen LogP contribution in [0.5, 0.6) is 5.75 Å². The smallest absolute Gasteiger partial charge is 0.289 e. The van der Waals surface area contributed by atoms with E-state index in [1.165, 1.54) is 0 Å². The lowest BCUT2D eigenvalue weighted by Crippen LogP contribution is -2.38. The molecule has 0 fully saturated rings. The predicted octanol–water partition coefficient (Wildman–Crippen LogP) is 5.76. The molecule has 9 nitrogen and oxygen atoms in total. The fourth-order valence-corrected chi connectivity index (χ4v) is 6.24. The summed E-state index contributed by atoms with van der Waals surface area (Å²) in [6.07, 6.45) is 7.70. The first-order valence-corrected chi connectivity index (χ1v) is 14.6. The monoisotopic (exact) mass is 589 g/mol. The van der Waals surface area contributed by atoms with Crippen molar-refractivity contribution in [2.24, 2.45) is 12.9 Å². The number of hydrazine groups is 1. The number of aromatic nitrogens is 3. The molecule has 0 aliphatic heterocycles. The summed E-state index contributed by atoms with van der Waals surface area (Å²) in [7, 11) is 3.41. The van der Waals surface area contributed by atoms with Gasteiger partial charge in [-0.25, -0.2) is 15.8 Å². The Kier molecular flexibility index (Phi) is 7.89. The number of nitrogens with zero attached hydrogens (tertiary/aromatic N) is 4. The van der Waals surface area contributed by atoms with Crippen LogP contribution in [-0.4, -0.2) is 34.1 Å². The lowest BCUT2D eigenvalue weighted by molar-refractivity contribution is 0.0979. The summed E-state index contributed by atoms with van der Waals surface area (Å²) in [6.45, 7) is 1.38. The highest BCUT2D eigenvalue weighted by Crippen LogP contribution is 2.41. The standard InChI is InChI=1S/C33H31N7O2S/c1-39-26-11-4-3-8-22(26)16-28(39)33(41)40(35)27-13-12-21(17-29(27)42-2)25-20-43-31-23(18-38-32(34)30(25)31)9-7-14-36-19-24-10-5-6-15-37-24/h3-13,15-18,20,36H,14,19,35H2,1-2H3,(H2,34,38). The van der Waals surface area contributed by atoms with Gasteiger partial charge >= 0.3 is 0 Å². The molecule has 0 radical (unpaired) electrons. The number of rotatable bonds is 9. The lowest BCUT2D eigenvalue weighted by atomic mass is 10.0. The summed E-state index contributed by atoms with van der Waals surface area (Å²) in [5.41, 5.74) is 12.1. The summed E-state index contributed by atoms with van der Waals surface area (Å²) >= 11 is 1.61. The van der Waals surface area contributed by atoms with E-state index in [0.29, 0.717) is 36.0 Å². The van der Waals surface area contributed by atoms with Gasteiger partial charge in [0.05, 0.1) is 12.8 Å². The number of nitrogens with one attached hydrogen (secondary N) is 1. The molecule has 4 aromatic heterocycles. The second-order valence-corrected chi connectivity index (χ2v) is 10.9. The van der Waals surface area contributed by atoms with Crippen LogP contribution in [0.3, 0.4) is 0 Å². The van der Waals surface area contributed by atoms with E-state index in [1.54, 1.807) is 36.9 Å². The Balaban J connectivity index is 1.25. The number of fused-ring (bicyclic) bond motifs is 2. The topological polar surface area (TPSA) is 124 Å². The minimum absolute atomic E-state index is 0.342. The maximum Gasteiger partial charge on any atom is 0.289 e. The van der Waals surface area contributed by atoms with Gasteiger partial charge in [-0.1, -0.05) is 42.5 Å². The van der Waals surface area contributed by atoms with E-state index in [4.69, 9.17) is 16.3 Å². The van der Waals surface area contributed by atoms with Gasteiger partial charge in [0.1, 0.15) is 22.9 Å². The van der Waals surface area contributed by atoms with Gasteiger partial charge in [-0.2, -0.15) is 0 Å². The summed E-state index contributed by atoms with van der Waals surface area (Å²) in [6, 6.07) is 21.1. The van der Waals surface area contributed by atoms with Crippen LogP contribution in [0, 0.1) is 0 Å². The predicted molar refractivity (Wildman–Crippen MR) is 175 cm³/mol. The molecule has 4 heterocycles. The van der Waals surface area contributed by atoms with Gasteiger partial charge in [0.25, 0.3) is 5.91 Å². The lowest BCUT2D eigenvalue weighted by Gasteiger charge is -2.20. The molecule has 2 aromatic carbocycles. The van der Waals surface area contributed by atoms with Gasteiger partial charge in [0.15, 0.2) is 0 Å². The van der Waals surface area contributed by atoms with Crippen molar-refractivity contribution in [3.8, 4) is 16.9 Å². The van der Waals surface area contributed by atoms with Crippen molar-refractivity contribution in [3.63, 3.8) is 0 Å². The second-order valence-electron chi connectivity index (χ2n) is 10.0. The van der Waals surface area contributed by atoms with Gasteiger partial charge < -0.3 is 20.4 Å². The number of pyridine rings is 2. The molecule has 0 aliphatic carbocycles. The molecule has 0 spiro atoms. The number of carbonyl (C=O) groups excluding carboxylic acids is 1. The molecule has 0 saturated heterocycles. The number of ether oxygens (including phenoxy) is 1. The van der Waals surface area contributed by atoms with Gasteiger partial charge in [0.2, 0.25) is 0 Å². The van der Waals surface area contributed by atoms with Crippen LogP contribution in [0.4, 0.5) is 11.5 Å². The Morgan fingerprint density at radius 1 is 1.12 bits per heavy atom.